The first-order valence-corrected chi connectivity index (χ1v) is 5.79. The van der Waals surface area contributed by atoms with Crippen molar-refractivity contribution in [2.45, 2.75) is 37.8 Å². The van der Waals surface area contributed by atoms with Gasteiger partial charge in [-0.1, -0.05) is 12.8 Å². The van der Waals surface area contributed by atoms with Crippen LogP contribution in [0.1, 0.15) is 25.7 Å². The first-order valence-electron chi connectivity index (χ1n) is 5.79. The zero-order valence-electron chi connectivity index (χ0n) is 9.61. The van der Waals surface area contributed by atoms with E-state index in [0.717, 1.165) is 19.4 Å². The Balaban J connectivity index is 2.06. The van der Waals surface area contributed by atoms with Crippen molar-refractivity contribution in [1.29, 1.82) is 0 Å². The highest BCUT2D eigenvalue weighted by Crippen LogP contribution is 2.28. The van der Waals surface area contributed by atoms with Crippen LogP contribution in [0.3, 0.4) is 0 Å². The van der Waals surface area contributed by atoms with Gasteiger partial charge in [0.05, 0.1) is 18.8 Å². The van der Waals surface area contributed by atoms with E-state index in [1.807, 2.05) is 19.0 Å². The molecule has 0 unspecified atom stereocenters. The molecule has 1 saturated heterocycles. The molecule has 0 aromatic carbocycles. The molecule has 1 saturated carbocycles. The number of rotatable bonds is 0. The van der Waals surface area contributed by atoms with Crippen molar-refractivity contribution in [2.24, 2.45) is 0 Å². The maximum absolute atomic E-state index is 11.9. The smallest absolute Gasteiger partial charge is 0.319 e. The third kappa shape index (κ3) is 2.09. The van der Waals surface area contributed by atoms with Gasteiger partial charge in [0.25, 0.3) is 0 Å². The second kappa shape index (κ2) is 4.39. The van der Waals surface area contributed by atoms with E-state index in [1.165, 1.54) is 12.8 Å². The monoisotopic (exact) mass is 212 g/mol. The summed E-state index contributed by atoms with van der Waals surface area (Å²) in [6, 6.07) is 0.456. The lowest BCUT2D eigenvalue weighted by Crippen LogP contribution is -2.57. The van der Waals surface area contributed by atoms with Crippen molar-refractivity contribution < 1.29 is 9.53 Å². The van der Waals surface area contributed by atoms with Gasteiger partial charge in [-0.05, 0) is 12.8 Å². The SMILES string of the molecule is CN(C)C(=O)N1CCO[C@@H]2CCCC[C@H]21. The number of nitrogens with zero attached hydrogens (tertiary/aromatic N) is 2. The minimum atomic E-state index is 0.134. The molecule has 2 amide bonds. The number of carbonyl (C=O) groups excluding carboxylic acids is 1. The number of amides is 2. The fourth-order valence-electron chi connectivity index (χ4n) is 2.59. The Kier molecular flexibility index (Phi) is 3.14. The van der Waals surface area contributed by atoms with Gasteiger partial charge in [-0.25, -0.2) is 4.79 Å². The highest BCUT2D eigenvalue weighted by Gasteiger charge is 2.37. The Morgan fingerprint density at radius 1 is 1.33 bits per heavy atom. The second-order valence-electron chi connectivity index (χ2n) is 4.63. The second-order valence-corrected chi connectivity index (χ2v) is 4.63. The summed E-state index contributed by atoms with van der Waals surface area (Å²) in [6.07, 6.45) is 4.97. The average molecular weight is 212 g/mol. The van der Waals surface area contributed by atoms with Crippen LogP contribution in [0.2, 0.25) is 0 Å². The molecule has 2 aliphatic rings. The Bertz CT molecular complexity index is 241. The van der Waals surface area contributed by atoms with Gasteiger partial charge in [0.2, 0.25) is 0 Å². The predicted octanol–water partition coefficient (Wildman–Crippen LogP) is 1.31. The molecular weight excluding hydrogens is 192 g/mol. The minimum absolute atomic E-state index is 0.134. The van der Waals surface area contributed by atoms with E-state index in [4.69, 9.17) is 4.74 Å². The summed E-state index contributed by atoms with van der Waals surface area (Å²) < 4.78 is 5.73. The van der Waals surface area contributed by atoms with Crippen LogP contribution in [0, 0.1) is 0 Å². The summed E-state index contributed by atoms with van der Waals surface area (Å²) in [5.41, 5.74) is 0. The summed E-state index contributed by atoms with van der Waals surface area (Å²) in [4.78, 5) is 15.6. The van der Waals surface area contributed by atoms with Crippen LogP contribution in [0.4, 0.5) is 4.79 Å². The molecule has 4 heteroatoms. The van der Waals surface area contributed by atoms with Crippen LogP contribution in [-0.2, 0) is 4.74 Å². The van der Waals surface area contributed by atoms with Gasteiger partial charge in [0.1, 0.15) is 0 Å². The van der Waals surface area contributed by atoms with Crippen molar-refractivity contribution in [1.82, 2.24) is 9.80 Å². The topological polar surface area (TPSA) is 32.8 Å². The quantitative estimate of drug-likeness (QED) is 0.606. The molecule has 1 aliphatic heterocycles. The van der Waals surface area contributed by atoms with Crippen molar-refractivity contribution in [3.8, 4) is 0 Å². The van der Waals surface area contributed by atoms with E-state index in [0.29, 0.717) is 12.6 Å². The molecule has 2 atom stereocenters. The van der Waals surface area contributed by atoms with Gasteiger partial charge >= 0.3 is 6.03 Å². The summed E-state index contributed by atoms with van der Waals surface area (Å²) in [5.74, 6) is 0. The molecule has 0 aromatic heterocycles. The molecule has 1 heterocycles. The third-order valence-electron chi connectivity index (χ3n) is 3.36. The molecule has 15 heavy (non-hydrogen) atoms. The number of hydrogen-bond acceptors (Lipinski definition) is 2. The number of fused-ring (bicyclic) bond motifs is 1. The van der Waals surface area contributed by atoms with E-state index in [-0.39, 0.29) is 12.1 Å². The maximum atomic E-state index is 11.9. The zero-order valence-corrected chi connectivity index (χ0v) is 9.61. The van der Waals surface area contributed by atoms with Gasteiger partial charge in [-0.15, -0.1) is 0 Å². The Morgan fingerprint density at radius 3 is 2.80 bits per heavy atom. The van der Waals surface area contributed by atoms with Crippen LogP contribution < -0.4 is 0 Å². The number of carbonyl (C=O) groups is 1. The molecule has 4 nitrogen and oxygen atoms in total. The normalized spacial score (nSPS) is 30.9. The van der Waals surface area contributed by atoms with Crippen molar-refractivity contribution in [3.63, 3.8) is 0 Å². The molecular formula is C11H20N2O2. The number of urea groups is 1. The lowest BCUT2D eigenvalue weighted by Gasteiger charge is -2.44. The maximum Gasteiger partial charge on any atom is 0.319 e. The van der Waals surface area contributed by atoms with Gasteiger partial charge in [-0.3, -0.25) is 0 Å². The molecule has 2 rings (SSSR count). The lowest BCUT2D eigenvalue weighted by atomic mass is 9.90. The Hall–Kier alpha value is -0.770. The summed E-state index contributed by atoms with van der Waals surface area (Å²) in [7, 11) is 3.63. The van der Waals surface area contributed by atoms with E-state index in [1.54, 1.807) is 4.90 Å². The Morgan fingerprint density at radius 2 is 2.07 bits per heavy atom. The first-order chi connectivity index (χ1) is 7.20. The summed E-state index contributed by atoms with van der Waals surface area (Å²) in [6.45, 7) is 1.44. The zero-order chi connectivity index (χ0) is 10.8. The van der Waals surface area contributed by atoms with Crippen molar-refractivity contribution in [3.05, 3.63) is 0 Å². The molecule has 0 radical (unpaired) electrons. The highest BCUT2D eigenvalue weighted by molar-refractivity contribution is 5.74. The van der Waals surface area contributed by atoms with Crippen LogP contribution in [-0.4, -0.2) is 55.2 Å². The Labute approximate surface area is 91.2 Å². The van der Waals surface area contributed by atoms with Gasteiger partial charge in [-0.2, -0.15) is 0 Å². The largest absolute Gasteiger partial charge is 0.374 e. The van der Waals surface area contributed by atoms with E-state index in [9.17, 15) is 4.79 Å². The highest BCUT2D eigenvalue weighted by atomic mass is 16.5. The first kappa shape index (κ1) is 10.7. The lowest BCUT2D eigenvalue weighted by molar-refractivity contribution is -0.0741. The molecule has 0 aromatic rings. The molecule has 0 N–H and O–H groups in total. The number of ether oxygens (including phenoxy) is 1. The van der Waals surface area contributed by atoms with Crippen molar-refractivity contribution in [2.75, 3.05) is 27.2 Å². The molecule has 1 aliphatic carbocycles. The van der Waals surface area contributed by atoms with Crippen LogP contribution >= 0.6 is 0 Å². The van der Waals surface area contributed by atoms with Crippen LogP contribution in [0.25, 0.3) is 0 Å². The summed E-state index contributed by atoms with van der Waals surface area (Å²) in [5, 5.41) is 0. The average Bonchev–Trinajstić information content (AvgIpc) is 2.27. The number of hydrogen-bond donors (Lipinski definition) is 0. The third-order valence-corrected chi connectivity index (χ3v) is 3.36. The minimum Gasteiger partial charge on any atom is -0.374 e. The van der Waals surface area contributed by atoms with Crippen molar-refractivity contribution >= 4 is 6.03 Å². The predicted molar refractivity (Wildman–Crippen MR) is 57.8 cm³/mol. The van der Waals surface area contributed by atoms with E-state index >= 15 is 0 Å². The van der Waals surface area contributed by atoms with Gasteiger partial charge in [0, 0.05) is 20.6 Å². The molecule has 0 bridgehead atoms. The molecule has 2 fully saturated rings. The molecule has 86 valence electrons. The van der Waals surface area contributed by atoms with Gasteiger partial charge < -0.3 is 14.5 Å². The van der Waals surface area contributed by atoms with Crippen LogP contribution in [0.15, 0.2) is 0 Å². The van der Waals surface area contributed by atoms with Gasteiger partial charge in [0.15, 0.2) is 0 Å². The van der Waals surface area contributed by atoms with E-state index < -0.39 is 0 Å². The number of morpholine rings is 1. The summed E-state index contributed by atoms with van der Waals surface area (Å²) >= 11 is 0. The fourth-order valence-corrected chi connectivity index (χ4v) is 2.59. The standard InChI is InChI=1S/C11H20N2O2/c1-12(2)11(14)13-7-8-15-10-6-4-3-5-9(10)13/h9-10H,3-8H2,1-2H3/t9-,10-/m1/s1. The molecule has 0 spiro atoms. The van der Waals surface area contributed by atoms with Crippen LogP contribution in [0.5, 0.6) is 0 Å². The fraction of sp³-hybridized carbons (Fsp3) is 0.909. The van der Waals surface area contributed by atoms with E-state index in [2.05, 4.69) is 0 Å².